The Bertz CT molecular complexity index is 747. The van der Waals surface area contributed by atoms with Crippen LogP contribution in [0.4, 0.5) is 0 Å². The predicted octanol–water partition coefficient (Wildman–Crippen LogP) is 5.34. The van der Waals surface area contributed by atoms with Crippen LogP contribution in [-0.4, -0.2) is 42.2 Å². The molecule has 4 saturated carbocycles. The molecule has 0 amide bonds. The summed E-state index contributed by atoms with van der Waals surface area (Å²) in [5.41, 5.74) is -0.0365. The largest absolute Gasteiger partial charge is 0.465 e. The van der Waals surface area contributed by atoms with Gasteiger partial charge in [-0.15, -0.1) is 0 Å². The van der Waals surface area contributed by atoms with Crippen LogP contribution < -0.4 is 0 Å². The van der Waals surface area contributed by atoms with Gasteiger partial charge in [0, 0.05) is 11.3 Å². The maximum atomic E-state index is 11.7. The van der Waals surface area contributed by atoms with Gasteiger partial charge >= 0.3 is 0 Å². The first kappa shape index (κ1) is 26.2. The van der Waals surface area contributed by atoms with Gasteiger partial charge in [-0.2, -0.15) is 0 Å². The Labute approximate surface area is 217 Å². The molecule has 0 spiro atoms. The molecule has 0 aromatic carbocycles. The topological polar surface area (TPSA) is 78.9 Å². The molecule has 0 N–H and O–H groups in total. The molecule has 4 rings (SSSR count). The van der Waals surface area contributed by atoms with E-state index < -0.39 is 0 Å². The van der Waals surface area contributed by atoms with Gasteiger partial charge in [0.1, 0.15) is 18.3 Å². The molecule has 0 heterocycles. The summed E-state index contributed by atoms with van der Waals surface area (Å²) in [4.78, 5) is 34.3. The maximum Gasteiger partial charge on any atom is 0.293 e. The van der Waals surface area contributed by atoms with Crippen molar-refractivity contribution in [3.8, 4) is 0 Å². The summed E-state index contributed by atoms with van der Waals surface area (Å²) in [5.74, 6) is 2.37. The molecule has 0 aromatic rings. The molecule has 4 fully saturated rings. The average molecular weight is 589 g/mol. The van der Waals surface area contributed by atoms with E-state index in [2.05, 4.69) is 43.4 Å². The lowest BCUT2D eigenvalue weighted by Gasteiger charge is -2.64. The van der Waals surface area contributed by atoms with E-state index in [1.54, 1.807) is 0 Å². The highest BCUT2D eigenvalue weighted by Crippen LogP contribution is 2.69. The Hall–Kier alpha value is -0.860. The minimum Gasteiger partial charge on any atom is -0.465 e. The Kier molecular flexibility index (Phi) is 8.20. The monoisotopic (exact) mass is 588 g/mol. The first-order chi connectivity index (χ1) is 16.3. The molecule has 6 nitrogen and oxygen atoms in total. The second-order valence-corrected chi connectivity index (χ2v) is 13.0. The molecule has 0 aliphatic heterocycles. The lowest BCUT2D eigenvalue weighted by atomic mass is 9.43. The fourth-order valence-corrected chi connectivity index (χ4v) is 9.79. The molecular weight excluding hydrogens is 547 g/mol. The molecule has 4 aliphatic rings. The molecular formula is C27H41IO6. The van der Waals surface area contributed by atoms with Crippen LogP contribution in [0.1, 0.15) is 78.6 Å². The third-order valence-electron chi connectivity index (χ3n) is 10.9. The van der Waals surface area contributed by atoms with Crippen LogP contribution in [-0.2, 0) is 28.6 Å². The second-order valence-electron chi connectivity index (χ2n) is 11.9. The molecule has 11 atom stereocenters. The molecule has 0 unspecified atom stereocenters. The first-order valence-corrected chi connectivity index (χ1v) is 14.7. The van der Waals surface area contributed by atoms with Crippen LogP contribution in [0, 0.1) is 46.3 Å². The number of ether oxygens (including phenoxy) is 3. The smallest absolute Gasteiger partial charge is 0.293 e. The molecule has 0 saturated heterocycles. The highest BCUT2D eigenvalue weighted by atomic mass is 127. The van der Waals surface area contributed by atoms with Crippen molar-refractivity contribution >= 4 is 42.0 Å². The average Bonchev–Trinajstić information content (AvgIpc) is 3.17. The maximum absolute atomic E-state index is 11.7. The number of fused-ring (bicyclic) bond motifs is 5. The van der Waals surface area contributed by atoms with Crippen molar-refractivity contribution in [2.45, 2.75) is 96.9 Å². The van der Waals surface area contributed by atoms with Gasteiger partial charge < -0.3 is 14.2 Å². The van der Waals surface area contributed by atoms with Gasteiger partial charge in [-0.25, -0.2) is 0 Å². The lowest BCUT2D eigenvalue weighted by molar-refractivity contribution is -0.218. The number of carbonyl (C=O) groups is 3. The molecule has 0 radical (unpaired) electrons. The zero-order valence-electron chi connectivity index (χ0n) is 20.8. The first-order valence-electron chi connectivity index (χ1n) is 13.2. The molecule has 192 valence electrons. The van der Waals surface area contributed by atoms with Crippen LogP contribution in [0.25, 0.3) is 0 Å². The van der Waals surface area contributed by atoms with Crippen molar-refractivity contribution in [1.29, 1.82) is 0 Å². The summed E-state index contributed by atoms with van der Waals surface area (Å²) in [6, 6.07) is 0. The summed E-state index contributed by atoms with van der Waals surface area (Å²) in [6.45, 7) is 8.99. The molecule has 0 bridgehead atoms. The van der Waals surface area contributed by atoms with Gasteiger partial charge in [-0.1, -0.05) is 43.4 Å². The number of rotatable bonds is 10. The Morgan fingerprint density at radius 1 is 0.941 bits per heavy atom. The van der Waals surface area contributed by atoms with Crippen LogP contribution in [0.3, 0.4) is 0 Å². The van der Waals surface area contributed by atoms with E-state index in [4.69, 9.17) is 14.2 Å². The quantitative estimate of drug-likeness (QED) is 0.148. The summed E-state index contributed by atoms with van der Waals surface area (Å²) in [7, 11) is 0. The second kappa shape index (κ2) is 10.6. The van der Waals surface area contributed by atoms with Gasteiger partial charge in [0.05, 0.1) is 0 Å². The summed E-state index contributed by atoms with van der Waals surface area (Å²) in [6.07, 6.45) is 8.69. The van der Waals surface area contributed by atoms with E-state index >= 15 is 0 Å². The van der Waals surface area contributed by atoms with E-state index in [9.17, 15) is 14.4 Å². The Balaban J connectivity index is 1.69. The fraction of sp³-hybridized carbons (Fsp3) is 0.889. The Morgan fingerprint density at radius 2 is 1.68 bits per heavy atom. The van der Waals surface area contributed by atoms with Gasteiger partial charge in [0.15, 0.2) is 0 Å². The van der Waals surface area contributed by atoms with Crippen LogP contribution in [0.5, 0.6) is 0 Å². The normalized spacial score (nSPS) is 46.2. The van der Waals surface area contributed by atoms with Crippen molar-refractivity contribution in [3.05, 3.63) is 0 Å². The third-order valence-corrected chi connectivity index (χ3v) is 11.7. The van der Waals surface area contributed by atoms with E-state index in [0.29, 0.717) is 49.0 Å². The summed E-state index contributed by atoms with van der Waals surface area (Å²) in [5, 5.41) is 0. The van der Waals surface area contributed by atoms with Crippen molar-refractivity contribution in [2.24, 2.45) is 46.3 Å². The number of hydrogen-bond acceptors (Lipinski definition) is 6. The minimum atomic E-state index is -0.125. The van der Waals surface area contributed by atoms with Crippen molar-refractivity contribution < 1.29 is 28.6 Å². The number of halogens is 1. The van der Waals surface area contributed by atoms with E-state index in [0.717, 1.165) is 49.4 Å². The predicted molar refractivity (Wildman–Crippen MR) is 136 cm³/mol. The highest BCUT2D eigenvalue weighted by molar-refractivity contribution is 14.1. The summed E-state index contributed by atoms with van der Waals surface area (Å²) < 4.78 is 18.3. The van der Waals surface area contributed by atoms with E-state index in [1.807, 2.05) is 0 Å². The number of hydrogen-bond donors (Lipinski definition) is 0. The summed E-state index contributed by atoms with van der Waals surface area (Å²) >= 11 is 2.46. The van der Waals surface area contributed by atoms with E-state index in [-0.39, 0.29) is 35.1 Å². The SMILES string of the molecule is C[C@H](CCCI)[C@H]1CC[C@H]2[C@@H]3[C@H](OC=O)C[C@@H]4C[C@H](OC=O)CC[C@]4(C)[C@H]3C[C@H](OC=O)[C@]12C. The molecule has 34 heavy (non-hydrogen) atoms. The lowest BCUT2D eigenvalue weighted by Crippen LogP contribution is -2.63. The molecule has 0 aromatic heterocycles. The molecule has 7 heteroatoms. The van der Waals surface area contributed by atoms with Crippen molar-refractivity contribution in [2.75, 3.05) is 4.43 Å². The van der Waals surface area contributed by atoms with Gasteiger partial charge in [-0.3, -0.25) is 14.4 Å². The highest BCUT2D eigenvalue weighted by Gasteiger charge is 2.67. The van der Waals surface area contributed by atoms with Crippen molar-refractivity contribution in [3.63, 3.8) is 0 Å². The molecule has 4 aliphatic carbocycles. The number of alkyl halides is 1. The van der Waals surface area contributed by atoms with Crippen molar-refractivity contribution in [1.82, 2.24) is 0 Å². The zero-order chi connectivity index (χ0) is 24.5. The zero-order valence-corrected chi connectivity index (χ0v) is 23.0. The van der Waals surface area contributed by atoms with Gasteiger partial charge in [0.2, 0.25) is 0 Å². The number of carbonyl (C=O) groups excluding carboxylic acids is 3. The van der Waals surface area contributed by atoms with Crippen LogP contribution >= 0.6 is 22.6 Å². The van der Waals surface area contributed by atoms with E-state index in [1.165, 1.54) is 12.8 Å². The van der Waals surface area contributed by atoms with Crippen LogP contribution in [0.2, 0.25) is 0 Å². The fourth-order valence-electron chi connectivity index (χ4n) is 9.35. The minimum absolute atomic E-state index is 0.0606. The van der Waals surface area contributed by atoms with Gasteiger partial charge in [-0.05, 0) is 97.2 Å². The third kappa shape index (κ3) is 4.30. The van der Waals surface area contributed by atoms with Gasteiger partial charge in [0.25, 0.3) is 19.4 Å². The Morgan fingerprint density at radius 3 is 2.35 bits per heavy atom. The standard InChI is InChI=1S/C27H41IO6/c1-17(5-4-10-28)20-6-7-21-25-22(13-24(34-16-31)27(20,21)3)26(2)9-8-19(32-14-29)11-18(26)12-23(25)33-15-30/h14-25H,4-13H2,1-3H3/t17-,18+,19-,20-,21+,22+,23-,24+,25+,26+,27-/m1/s1. The van der Waals surface area contributed by atoms with Crippen LogP contribution in [0.15, 0.2) is 0 Å².